The van der Waals surface area contributed by atoms with Gasteiger partial charge in [0.2, 0.25) is 0 Å². The molecule has 0 amide bonds. The number of fused-ring (bicyclic) bond motifs is 1. The van der Waals surface area contributed by atoms with E-state index in [1.165, 1.54) is 11.1 Å². The van der Waals surface area contributed by atoms with Crippen LogP contribution < -0.4 is 10.1 Å². The Morgan fingerprint density at radius 2 is 1.90 bits per heavy atom. The highest BCUT2D eigenvalue weighted by Gasteiger charge is 2.11. The number of benzene rings is 2. The van der Waals surface area contributed by atoms with E-state index in [4.69, 9.17) is 4.74 Å². The van der Waals surface area contributed by atoms with Crippen molar-refractivity contribution in [2.24, 2.45) is 0 Å². The number of phenols is 1. The predicted molar refractivity (Wildman–Crippen MR) is 80.5 cm³/mol. The Bertz CT molecular complexity index is 626. The molecule has 0 unspecified atom stereocenters. The van der Waals surface area contributed by atoms with E-state index in [1.54, 1.807) is 0 Å². The first-order valence-corrected chi connectivity index (χ1v) is 6.92. The Kier molecular flexibility index (Phi) is 3.26. The van der Waals surface area contributed by atoms with Gasteiger partial charge in [0.05, 0.1) is 6.61 Å². The van der Waals surface area contributed by atoms with Gasteiger partial charge in [0.15, 0.2) is 0 Å². The molecule has 0 atom stereocenters. The van der Waals surface area contributed by atoms with Crippen LogP contribution in [0, 0.1) is 13.8 Å². The third kappa shape index (κ3) is 2.44. The van der Waals surface area contributed by atoms with Crippen LogP contribution in [0.2, 0.25) is 0 Å². The average molecular weight is 269 g/mol. The second-order valence-electron chi connectivity index (χ2n) is 5.35. The van der Waals surface area contributed by atoms with Gasteiger partial charge in [-0.15, -0.1) is 0 Å². The Labute approximate surface area is 119 Å². The third-order valence-corrected chi connectivity index (χ3v) is 3.74. The SMILES string of the molecule is Cc1cc(CNc2ccc3c(c2)CCO3)cc(C)c1O. The number of rotatable bonds is 3. The highest BCUT2D eigenvalue weighted by Crippen LogP contribution is 2.28. The summed E-state index contributed by atoms with van der Waals surface area (Å²) in [4.78, 5) is 0. The van der Waals surface area contributed by atoms with Crippen LogP contribution in [0.5, 0.6) is 11.5 Å². The zero-order valence-electron chi connectivity index (χ0n) is 11.9. The Hall–Kier alpha value is -2.16. The van der Waals surface area contributed by atoms with Crippen LogP contribution >= 0.6 is 0 Å². The summed E-state index contributed by atoms with van der Waals surface area (Å²) >= 11 is 0. The molecular formula is C17H19NO2. The van der Waals surface area contributed by atoms with Crippen LogP contribution in [-0.4, -0.2) is 11.7 Å². The summed E-state index contributed by atoms with van der Waals surface area (Å²) in [5.41, 5.74) is 5.40. The number of phenolic OH excluding ortho intramolecular Hbond substituents is 1. The lowest BCUT2D eigenvalue weighted by atomic mass is 10.1. The number of hydrogen-bond acceptors (Lipinski definition) is 3. The van der Waals surface area contributed by atoms with Crippen LogP contribution in [0.15, 0.2) is 30.3 Å². The third-order valence-electron chi connectivity index (χ3n) is 3.74. The molecule has 2 aromatic rings. The first kappa shape index (κ1) is 12.9. The zero-order valence-corrected chi connectivity index (χ0v) is 11.9. The summed E-state index contributed by atoms with van der Waals surface area (Å²) < 4.78 is 5.51. The molecule has 0 bridgehead atoms. The quantitative estimate of drug-likeness (QED) is 0.895. The van der Waals surface area contributed by atoms with E-state index in [0.717, 1.165) is 42.1 Å². The van der Waals surface area contributed by atoms with E-state index in [9.17, 15) is 5.11 Å². The average Bonchev–Trinajstić information content (AvgIpc) is 2.89. The molecule has 2 aromatic carbocycles. The number of anilines is 1. The van der Waals surface area contributed by atoms with Crippen LogP contribution in [0.3, 0.4) is 0 Å². The van der Waals surface area contributed by atoms with E-state index in [0.29, 0.717) is 5.75 Å². The fourth-order valence-electron chi connectivity index (χ4n) is 2.65. The van der Waals surface area contributed by atoms with Gasteiger partial charge in [-0.25, -0.2) is 0 Å². The second kappa shape index (κ2) is 5.08. The van der Waals surface area contributed by atoms with Crippen molar-refractivity contribution in [3.8, 4) is 11.5 Å². The Balaban J connectivity index is 1.73. The number of hydrogen-bond donors (Lipinski definition) is 2. The second-order valence-corrected chi connectivity index (χ2v) is 5.35. The molecule has 3 heteroatoms. The van der Waals surface area contributed by atoms with Crippen molar-refractivity contribution < 1.29 is 9.84 Å². The summed E-state index contributed by atoms with van der Waals surface area (Å²) in [6, 6.07) is 10.3. The lowest BCUT2D eigenvalue weighted by Gasteiger charge is -2.11. The van der Waals surface area contributed by atoms with Gasteiger partial charge in [-0.2, -0.15) is 0 Å². The van der Waals surface area contributed by atoms with Crippen molar-refractivity contribution in [1.82, 2.24) is 0 Å². The summed E-state index contributed by atoms with van der Waals surface area (Å²) in [5.74, 6) is 1.40. The van der Waals surface area contributed by atoms with Gasteiger partial charge in [0.1, 0.15) is 11.5 Å². The number of ether oxygens (including phenoxy) is 1. The maximum atomic E-state index is 9.79. The fraction of sp³-hybridized carbons (Fsp3) is 0.294. The van der Waals surface area contributed by atoms with Crippen molar-refractivity contribution in [3.05, 3.63) is 52.6 Å². The molecule has 1 aliphatic rings. The summed E-state index contributed by atoms with van der Waals surface area (Å²) in [7, 11) is 0. The van der Waals surface area contributed by atoms with E-state index in [1.807, 2.05) is 38.1 Å². The van der Waals surface area contributed by atoms with Crippen molar-refractivity contribution in [2.45, 2.75) is 26.8 Å². The van der Waals surface area contributed by atoms with Gasteiger partial charge in [-0.1, -0.05) is 12.1 Å². The molecular weight excluding hydrogens is 250 g/mol. The smallest absolute Gasteiger partial charge is 0.122 e. The summed E-state index contributed by atoms with van der Waals surface area (Å²) in [6.07, 6.45) is 0.988. The lowest BCUT2D eigenvalue weighted by Crippen LogP contribution is -2.00. The number of nitrogens with one attached hydrogen (secondary N) is 1. The van der Waals surface area contributed by atoms with Gasteiger partial charge in [0, 0.05) is 18.7 Å². The minimum absolute atomic E-state index is 0.392. The Morgan fingerprint density at radius 1 is 1.15 bits per heavy atom. The monoisotopic (exact) mass is 269 g/mol. The normalized spacial score (nSPS) is 12.9. The van der Waals surface area contributed by atoms with Crippen molar-refractivity contribution in [3.63, 3.8) is 0 Å². The molecule has 0 fully saturated rings. The van der Waals surface area contributed by atoms with E-state index < -0.39 is 0 Å². The first-order valence-electron chi connectivity index (χ1n) is 6.92. The lowest BCUT2D eigenvalue weighted by molar-refractivity contribution is 0.357. The minimum Gasteiger partial charge on any atom is -0.507 e. The highest BCUT2D eigenvalue weighted by molar-refractivity contribution is 5.53. The fourth-order valence-corrected chi connectivity index (χ4v) is 2.65. The van der Waals surface area contributed by atoms with Gasteiger partial charge in [-0.3, -0.25) is 0 Å². The van der Waals surface area contributed by atoms with Crippen LogP contribution in [0.1, 0.15) is 22.3 Å². The van der Waals surface area contributed by atoms with Crippen molar-refractivity contribution in [1.29, 1.82) is 0 Å². The first-order chi connectivity index (χ1) is 9.63. The van der Waals surface area contributed by atoms with Gasteiger partial charge >= 0.3 is 0 Å². The Morgan fingerprint density at radius 3 is 2.65 bits per heavy atom. The van der Waals surface area contributed by atoms with Crippen molar-refractivity contribution >= 4 is 5.69 Å². The van der Waals surface area contributed by atoms with Gasteiger partial charge in [0.25, 0.3) is 0 Å². The van der Waals surface area contributed by atoms with Gasteiger partial charge in [-0.05, 0) is 54.3 Å². The molecule has 0 saturated carbocycles. The highest BCUT2D eigenvalue weighted by atomic mass is 16.5. The molecule has 2 N–H and O–H groups in total. The topological polar surface area (TPSA) is 41.5 Å². The van der Waals surface area contributed by atoms with Crippen molar-refractivity contribution in [2.75, 3.05) is 11.9 Å². The molecule has 3 nitrogen and oxygen atoms in total. The molecule has 0 spiro atoms. The molecule has 104 valence electrons. The molecule has 20 heavy (non-hydrogen) atoms. The van der Waals surface area contributed by atoms with Crippen LogP contribution in [-0.2, 0) is 13.0 Å². The molecule has 0 saturated heterocycles. The summed E-state index contributed by atoms with van der Waals surface area (Å²) in [6.45, 7) is 5.40. The molecule has 1 aliphatic heterocycles. The minimum atomic E-state index is 0.392. The molecule has 3 rings (SSSR count). The van der Waals surface area contributed by atoms with E-state index in [-0.39, 0.29) is 0 Å². The molecule has 0 aliphatic carbocycles. The largest absolute Gasteiger partial charge is 0.507 e. The maximum absolute atomic E-state index is 9.79. The molecule has 0 aromatic heterocycles. The van der Waals surface area contributed by atoms with E-state index >= 15 is 0 Å². The number of aryl methyl sites for hydroxylation is 2. The standard InChI is InChI=1S/C17H19NO2/c1-11-7-13(8-12(2)17(11)19)10-18-15-3-4-16-14(9-15)5-6-20-16/h3-4,7-9,18-19H,5-6,10H2,1-2H3. The van der Waals surface area contributed by atoms with Gasteiger partial charge < -0.3 is 15.2 Å². The molecule has 0 radical (unpaired) electrons. The molecule has 1 heterocycles. The maximum Gasteiger partial charge on any atom is 0.122 e. The summed E-state index contributed by atoms with van der Waals surface area (Å²) in [5, 5.41) is 13.2. The zero-order chi connectivity index (χ0) is 14.1. The van der Waals surface area contributed by atoms with Crippen LogP contribution in [0.4, 0.5) is 5.69 Å². The van der Waals surface area contributed by atoms with E-state index in [2.05, 4.69) is 11.4 Å². The number of aromatic hydroxyl groups is 1. The predicted octanol–water partition coefficient (Wildman–Crippen LogP) is 3.56. The van der Waals surface area contributed by atoms with Crippen LogP contribution in [0.25, 0.3) is 0 Å².